The number of H-pyrrole nitrogens is 1. The van der Waals surface area contributed by atoms with Gasteiger partial charge in [0, 0.05) is 34.7 Å². The van der Waals surface area contributed by atoms with Crippen molar-refractivity contribution in [2.45, 2.75) is 56.5 Å². The van der Waals surface area contributed by atoms with Crippen LogP contribution in [0.25, 0.3) is 10.9 Å². The Morgan fingerprint density at radius 2 is 2.07 bits per heavy atom. The molecule has 1 unspecified atom stereocenters. The number of nitrogens with zero attached hydrogens (tertiary/aromatic N) is 1. The molecule has 1 aliphatic carbocycles. The fourth-order valence-electron chi connectivity index (χ4n) is 4.62. The molecule has 1 aliphatic heterocycles. The van der Waals surface area contributed by atoms with Crippen LogP contribution in [0.15, 0.2) is 24.4 Å². The van der Waals surface area contributed by atoms with Gasteiger partial charge in [0.15, 0.2) is 0 Å². The van der Waals surface area contributed by atoms with Gasteiger partial charge in [-0.3, -0.25) is 9.69 Å². The average molecular weight is 390 g/mol. The van der Waals surface area contributed by atoms with Crippen LogP contribution in [0.3, 0.4) is 0 Å². The zero-order valence-electron chi connectivity index (χ0n) is 15.1. The van der Waals surface area contributed by atoms with Crippen LogP contribution in [0.2, 0.25) is 5.02 Å². The second-order valence-corrected chi connectivity index (χ2v) is 8.07. The fraction of sp³-hybridized carbons (Fsp3) is 0.500. The van der Waals surface area contributed by atoms with Gasteiger partial charge in [-0.15, -0.1) is 0 Å². The van der Waals surface area contributed by atoms with Crippen LogP contribution in [0.1, 0.15) is 50.0 Å². The Balaban J connectivity index is 1.46. The molecule has 1 aromatic carbocycles. The Morgan fingerprint density at radius 1 is 1.22 bits per heavy atom. The molecular weight excluding hydrogens is 366 g/mol. The third kappa shape index (κ3) is 3.63. The second-order valence-electron chi connectivity index (χ2n) is 7.64. The van der Waals surface area contributed by atoms with E-state index >= 15 is 0 Å². The number of aromatic amines is 1. The van der Waals surface area contributed by atoms with Crippen LogP contribution in [0.5, 0.6) is 0 Å². The second kappa shape index (κ2) is 7.43. The minimum absolute atomic E-state index is 0.0802. The normalized spacial score (nSPS) is 25.7. The van der Waals surface area contributed by atoms with E-state index in [1.165, 1.54) is 10.5 Å². The highest BCUT2D eigenvalue weighted by Gasteiger charge is 2.35. The van der Waals surface area contributed by atoms with E-state index in [4.69, 9.17) is 11.6 Å². The number of rotatable bonds is 3. The summed E-state index contributed by atoms with van der Waals surface area (Å²) in [4.78, 5) is 28.5. The van der Waals surface area contributed by atoms with Crippen molar-refractivity contribution in [3.63, 3.8) is 0 Å². The van der Waals surface area contributed by atoms with Gasteiger partial charge in [-0.25, -0.2) is 4.79 Å². The first-order valence-corrected chi connectivity index (χ1v) is 9.97. The summed E-state index contributed by atoms with van der Waals surface area (Å²) in [6.07, 6.45) is 6.31. The van der Waals surface area contributed by atoms with Gasteiger partial charge in [-0.2, -0.15) is 0 Å². The van der Waals surface area contributed by atoms with E-state index in [1.807, 2.05) is 18.2 Å². The summed E-state index contributed by atoms with van der Waals surface area (Å²) in [6, 6.07) is 5.40. The highest BCUT2D eigenvalue weighted by atomic mass is 35.5. The van der Waals surface area contributed by atoms with Crippen molar-refractivity contribution in [2.75, 3.05) is 6.54 Å². The summed E-state index contributed by atoms with van der Waals surface area (Å²) in [5, 5.41) is 14.2. The molecule has 7 heteroatoms. The predicted molar refractivity (Wildman–Crippen MR) is 104 cm³/mol. The zero-order chi connectivity index (χ0) is 19.0. The lowest BCUT2D eigenvalue weighted by atomic mass is 9.81. The van der Waals surface area contributed by atoms with Crippen molar-refractivity contribution < 1.29 is 14.7 Å². The Labute approximate surface area is 162 Å². The first-order valence-electron chi connectivity index (χ1n) is 9.59. The molecule has 0 radical (unpaired) electrons. The topological polar surface area (TPSA) is 85.4 Å². The number of amides is 2. The maximum Gasteiger partial charge on any atom is 0.407 e. The quantitative estimate of drug-likeness (QED) is 0.738. The van der Waals surface area contributed by atoms with Crippen LogP contribution in [0, 0.1) is 0 Å². The van der Waals surface area contributed by atoms with Crippen LogP contribution in [-0.2, 0) is 4.79 Å². The molecule has 2 fully saturated rings. The molecule has 1 saturated carbocycles. The highest BCUT2D eigenvalue weighted by Crippen LogP contribution is 2.37. The highest BCUT2D eigenvalue weighted by molar-refractivity contribution is 6.31. The van der Waals surface area contributed by atoms with E-state index in [9.17, 15) is 14.7 Å². The molecule has 2 aliphatic rings. The van der Waals surface area contributed by atoms with Crippen LogP contribution < -0.4 is 5.32 Å². The van der Waals surface area contributed by atoms with Gasteiger partial charge in [-0.05, 0) is 61.8 Å². The SMILES string of the molecule is O=C(N[C@H]1CCC[C@@H](c2c[nH]c3ccc(Cl)cc23)C1)C1CCCN1C(=O)O. The Bertz CT molecular complexity index is 865. The van der Waals surface area contributed by atoms with Gasteiger partial charge in [-0.1, -0.05) is 18.0 Å². The lowest BCUT2D eigenvalue weighted by Crippen LogP contribution is -2.49. The maximum atomic E-state index is 12.6. The summed E-state index contributed by atoms with van der Waals surface area (Å²) in [5.41, 5.74) is 2.32. The Morgan fingerprint density at radius 3 is 2.89 bits per heavy atom. The third-order valence-electron chi connectivity index (χ3n) is 5.94. The summed E-state index contributed by atoms with van der Waals surface area (Å²) in [5.74, 6) is 0.206. The molecular formula is C20H24ClN3O3. The lowest BCUT2D eigenvalue weighted by Gasteiger charge is -2.31. The largest absolute Gasteiger partial charge is 0.465 e. The molecule has 3 N–H and O–H groups in total. The number of likely N-dealkylation sites (tertiary alicyclic amines) is 1. The first-order chi connectivity index (χ1) is 13.0. The minimum Gasteiger partial charge on any atom is -0.465 e. The first kappa shape index (κ1) is 18.2. The summed E-state index contributed by atoms with van der Waals surface area (Å²) < 4.78 is 0. The molecule has 27 heavy (non-hydrogen) atoms. The van der Waals surface area contributed by atoms with Gasteiger partial charge in [0.2, 0.25) is 5.91 Å². The maximum absolute atomic E-state index is 12.6. The number of hydrogen-bond acceptors (Lipinski definition) is 2. The van der Waals surface area contributed by atoms with Crippen molar-refractivity contribution in [1.29, 1.82) is 0 Å². The number of fused-ring (bicyclic) bond motifs is 1. The number of nitrogens with one attached hydrogen (secondary N) is 2. The number of benzene rings is 1. The molecule has 2 heterocycles. The fourth-order valence-corrected chi connectivity index (χ4v) is 4.79. The van der Waals surface area contributed by atoms with Gasteiger partial charge < -0.3 is 15.4 Å². The van der Waals surface area contributed by atoms with Gasteiger partial charge in [0.05, 0.1) is 0 Å². The molecule has 1 saturated heterocycles. The number of carboxylic acid groups (broad SMARTS) is 1. The van der Waals surface area contributed by atoms with E-state index in [0.717, 1.165) is 48.0 Å². The molecule has 6 nitrogen and oxygen atoms in total. The number of carbonyl (C=O) groups excluding carboxylic acids is 1. The van der Waals surface area contributed by atoms with Gasteiger partial charge in [0.1, 0.15) is 6.04 Å². The number of aromatic nitrogens is 1. The number of halogens is 1. The van der Waals surface area contributed by atoms with Crippen LogP contribution in [0.4, 0.5) is 4.79 Å². The van der Waals surface area contributed by atoms with E-state index in [-0.39, 0.29) is 11.9 Å². The summed E-state index contributed by atoms with van der Waals surface area (Å²) in [6.45, 7) is 0.441. The van der Waals surface area contributed by atoms with E-state index in [1.54, 1.807) is 0 Å². The minimum atomic E-state index is -1.01. The van der Waals surface area contributed by atoms with E-state index in [2.05, 4.69) is 16.5 Å². The molecule has 0 bridgehead atoms. The standard InChI is InChI=1S/C20H24ClN3O3/c21-13-6-7-17-15(10-13)16(11-22-17)12-3-1-4-14(9-12)23-19(25)18-5-2-8-24(18)20(26)27/h6-7,10-12,14,18,22H,1-5,8-9H2,(H,23,25)(H,26,27)/t12-,14+,18?/m1/s1. The predicted octanol–water partition coefficient (Wildman–Crippen LogP) is 4.11. The van der Waals surface area contributed by atoms with Crippen LogP contribution >= 0.6 is 11.6 Å². The van der Waals surface area contributed by atoms with Gasteiger partial charge >= 0.3 is 6.09 Å². The monoisotopic (exact) mass is 389 g/mol. The molecule has 3 atom stereocenters. The molecule has 0 spiro atoms. The Hall–Kier alpha value is -2.21. The molecule has 4 rings (SSSR count). The summed E-state index contributed by atoms with van der Waals surface area (Å²) in [7, 11) is 0. The molecule has 2 aromatic rings. The number of carbonyl (C=O) groups is 2. The smallest absolute Gasteiger partial charge is 0.407 e. The van der Waals surface area contributed by atoms with Crippen molar-refractivity contribution in [1.82, 2.24) is 15.2 Å². The van der Waals surface area contributed by atoms with Crippen molar-refractivity contribution >= 4 is 34.5 Å². The van der Waals surface area contributed by atoms with E-state index < -0.39 is 12.1 Å². The van der Waals surface area contributed by atoms with Crippen molar-refractivity contribution in [3.05, 3.63) is 35.0 Å². The zero-order valence-corrected chi connectivity index (χ0v) is 15.8. The van der Waals surface area contributed by atoms with Crippen LogP contribution in [-0.4, -0.2) is 45.6 Å². The summed E-state index contributed by atoms with van der Waals surface area (Å²) >= 11 is 6.17. The number of hydrogen-bond donors (Lipinski definition) is 3. The van der Waals surface area contributed by atoms with Crippen molar-refractivity contribution in [3.8, 4) is 0 Å². The molecule has 1 aromatic heterocycles. The van der Waals surface area contributed by atoms with E-state index in [0.29, 0.717) is 18.9 Å². The van der Waals surface area contributed by atoms with Gasteiger partial charge in [0.25, 0.3) is 0 Å². The lowest BCUT2D eigenvalue weighted by molar-refractivity contribution is -0.126. The Kier molecular flexibility index (Phi) is 5.00. The average Bonchev–Trinajstić information content (AvgIpc) is 3.29. The van der Waals surface area contributed by atoms with Crippen molar-refractivity contribution in [2.24, 2.45) is 0 Å². The third-order valence-corrected chi connectivity index (χ3v) is 6.17. The molecule has 2 amide bonds. The molecule has 144 valence electrons.